The zero-order chi connectivity index (χ0) is 17.0. The van der Waals surface area contributed by atoms with Crippen LogP contribution in [0.5, 0.6) is 0 Å². The minimum atomic E-state index is -0.321. The molecule has 2 heterocycles. The third-order valence-electron chi connectivity index (χ3n) is 4.13. The molecule has 120 valence electrons. The Balaban J connectivity index is 2.05. The average molecular weight is 403 g/mol. The summed E-state index contributed by atoms with van der Waals surface area (Å²) >= 11 is 4.89. The van der Waals surface area contributed by atoms with E-state index in [1.54, 1.807) is 22.6 Å². The van der Waals surface area contributed by atoms with Gasteiger partial charge in [0.2, 0.25) is 0 Å². The molecule has 2 aromatic heterocycles. The Labute approximate surface area is 149 Å². The van der Waals surface area contributed by atoms with Gasteiger partial charge in [-0.1, -0.05) is 23.5 Å². The van der Waals surface area contributed by atoms with E-state index in [-0.39, 0.29) is 11.4 Å². The number of thiazole rings is 1. The summed E-state index contributed by atoms with van der Waals surface area (Å²) < 4.78 is 16.4. The van der Waals surface area contributed by atoms with Crippen LogP contribution in [0.15, 0.2) is 39.6 Å². The molecular formula is C18H12BrFN2OS. The van der Waals surface area contributed by atoms with E-state index in [9.17, 15) is 9.18 Å². The Hall–Kier alpha value is -2.05. The topological polar surface area (TPSA) is 34.4 Å². The summed E-state index contributed by atoms with van der Waals surface area (Å²) in [5.74, 6) is -0.321. The normalized spacial score (nSPS) is 12.6. The highest BCUT2D eigenvalue weighted by molar-refractivity contribution is 9.10. The predicted molar refractivity (Wildman–Crippen MR) is 99.2 cm³/mol. The molecule has 6 heteroatoms. The molecule has 0 spiro atoms. The van der Waals surface area contributed by atoms with E-state index in [0.29, 0.717) is 15.1 Å². The number of aryl methyl sites for hydroxylation is 1. The van der Waals surface area contributed by atoms with Gasteiger partial charge in [0, 0.05) is 4.47 Å². The van der Waals surface area contributed by atoms with Gasteiger partial charge in [0.25, 0.3) is 5.56 Å². The van der Waals surface area contributed by atoms with Crippen LogP contribution in [-0.2, 0) is 0 Å². The van der Waals surface area contributed by atoms with Gasteiger partial charge in [-0.2, -0.15) is 0 Å². The Morgan fingerprint density at radius 2 is 2.08 bits per heavy atom. The third kappa shape index (κ3) is 2.29. The SMILES string of the molecule is Cc1cc2c(nc3s/c(=C\c4cccc(F)c4)c(=O)n32)c(Br)c1C. The molecule has 4 rings (SSSR count). The van der Waals surface area contributed by atoms with Gasteiger partial charge in [0.15, 0.2) is 4.96 Å². The number of fused-ring (bicyclic) bond motifs is 3. The van der Waals surface area contributed by atoms with Gasteiger partial charge in [-0.25, -0.2) is 13.8 Å². The van der Waals surface area contributed by atoms with Crippen molar-refractivity contribution in [3.05, 3.63) is 72.2 Å². The minimum Gasteiger partial charge on any atom is -0.267 e. The number of hydrogen-bond donors (Lipinski definition) is 0. The first kappa shape index (κ1) is 15.5. The van der Waals surface area contributed by atoms with Crippen molar-refractivity contribution in [1.29, 1.82) is 0 Å². The maximum absolute atomic E-state index is 13.3. The standard InChI is InChI=1S/C18H12BrFN2OS/c1-9-6-13-16(15(19)10(9)2)21-18-22(13)17(23)14(24-18)8-11-4-3-5-12(20)7-11/h3-8H,1-2H3/b14-8-. The van der Waals surface area contributed by atoms with Gasteiger partial charge < -0.3 is 0 Å². The molecule has 0 aliphatic heterocycles. The highest BCUT2D eigenvalue weighted by Crippen LogP contribution is 2.30. The van der Waals surface area contributed by atoms with E-state index < -0.39 is 0 Å². The lowest BCUT2D eigenvalue weighted by atomic mass is 10.1. The second-order valence-corrected chi connectivity index (χ2v) is 7.50. The van der Waals surface area contributed by atoms with Crippen LogP contribution in [0.4, 0.5) is 4.39 Å². The van der Waals surface area contributed by atoms with Crippen molar-refractivity contribution in [2.45, 2.75) is 13.8 Å². The van der Waals surface area contributed by atoms with E-state index in [2.05, 4.69) is 20.9 Å². The molecule has 3 nitrogen and oxygen atoms in total. The maximum Gasteiger partial charge on any atom is 0.274 e. The van der Waals surface area contributed by atoms with Gasteiger partial charge in [-0.3, -0.25) is 4.79 Å². The Morgan fingerprint density at radius 3 is 2.83 bits per heavy atom. The first-order chi connectivity index (χ1) is 11.5. The van der Waals surface area contributed by atoms with Crippen molar-refractivity contribution in [2.24, 2.45) is 0 Å². The lowest BCUT2D eigenvalue weighted by Crippen LogP contribution is -2.22. The Morgan fingerprint density at radius 1 is 1.29 bits per heavy atom. The summed E-state index contributed by atoms with van der Waals surface area (Å²) in [5.41, 5.74) is 4.33. The molecule has 0 atom stereocenters. The minimum absolute atomic E-state index is 0.128. The summed E-state index contributed by atoms with van der Waals surface area (Å²) in [7, 11) is 0. The molecule has 0 radical (unpaired) electrons. The van der Waals surface area contributed by atoms with Crippen LogP contribution in [0.3, 0.4) is 0 Å². The smallest absolute Gasteiger partial charge is 0.267 e. The first-order valence-corrected chi connectivity index (χ1v) is 8.94. The van der Waals surface area contributed by atoms with Crippen LogP contribution in [0, 0.1) is 19.7 Å². The van der Waals surface area contributed by atoms with E-state index in [1.165, 1.54) is 23.5 Å². The summed E-state index contributed by atoms with van der Waals surface area (Å²) in [5, 5.41) is 0. The number of nitrogens with zero attached hydrogens (tertiary/aromatic N) is 2. The number of benzene rings is 2. The number of aromatic nitrogens is 2. The molecule has 0 aliphatic carbocycles. The van der Waals surface area contributed by atoms with Crippen molar-refractivity contribution >= 4 is 49.3 Å². The molecule has 0 saturated carbocycles. The average Bonchev–Trinajstić information content (AvgIpc) is 3.03. The van der Waals surface area contributed by atoms with Crippen LogP contribution in [0.1, 0.15) is 16.7 Å². The molecule has 0 amide bonds. The lowest BCUT2D eigenvalue weighted by molar-refractivity contribution is 0.627. The Kier molecular flexibility index (Phi) is 3.54. The zero-order valence-electron chi connectivity index (χ0n) is 12.9. The molecule has 0 unspecified atom stereocenters. The number of rotatable bonds is 1. The summed E-state index contributed by atoms with van der Waals surface area (Å²) in [6.45, 7) is 4.03. The van der Waals surface area contributed by atoms with Gasteiger partial charge in [0.1, 0.15) is 11.3 Å². The summed E-state index contributed by atoms with van der Waals surface area (Å²) in [4.78, 5) is 18.0. The zero-order valence-corrected chi connectivity index (χ0v) is 15.3. The number of hydrogen-bond acceptors (Lipinski definition) is 3. The van der Waals surface area contributed by atoms with Crippen LogP contribution in [0.25, 0.3) is 22.1 Å². The quantitative estimate of drug-likeness (QED) is 0.482. The van der Waals surface area contributed by atoms with Gasteiger partial charge in [0.05, 0.1) is 10.0 Å². The van der Waals surface area contributed by atoms with Gasteiger partial charge in [-0.05, 0) is 70.7 Å². The third-order valence-corrected chi connectivity index (χ3v) is 6.06. The maximum atomic E-state index is 13.3. The van der Waals surface area contributed by atoms with E-state index in [1.807, 2.05) is 19.9 Å². The molecule has 4 aromatic rings. The molecule has 2 aromatic carbocycles. The van der Waals surface area contributed by atoms with E-state index >= 15 is 0 Å². The summed E-state index contributed by atoms with van der Waals surface area (Å²) in [6, 6.07) is 8.17. The second-order valence-electron chi connectivity index (χ2n) is 5.70. The van der Waals surface area contributed by atoms with E-state index in [4.69, 9.17) is 0 Å². The number of imidazole rings is 1. The van der Waals surface area contributed by atoms with Crippen molar-refractivity contribution < 1.29 is 4.39 Å². The van der Waals surface area contributed by atoms with Crippen molar-refractivity contribution in [3.8, 4) is 0 Å². The fraction of sp³-hybridized carbons (Fsp3) is 0.111. The molecule has 0 saturated heterocycles. The molecule has 0 aliphatic rings. The van der Waals surface area contributed by atoms with Crippen molar-refractivity contribution in [1.82, 2.24) is 9.38 Å². The van der Waals surface area contributed by atoms with Crippen molar-refractivity contribution in [3.63, 3.8) is 0 Å². The molecule has 24 heavy (non-hydrogen) atoms. The van der Waals surface area contributed by atoms with Gasteiger partial charge >= 0.3 is 0 Å². The molecule has 0 bridgehead atoms. The predicted octanol–water partition coefficient (Wildman–Crippen LogP) is 3.98. The Bertz CT molecular complexity index is 1230. The number of halogens is 2. The largest absolute Gasteiger partial charge is 0.274 e. The monoisotopic (exact) mass is 402 g/mol. The van der Waals surface area contributed by atoms with Crippen LogP contribution < -0.4 is 10.1 Å². The molecule has 0 N–H and O–H groups in total. The van der Waals surface area contributed by atoms with Crippen LogP contribution in [-0.4, -0.2) is 9.38 Å². The molecular weight excluding hydrogens is 391 g/mol. The van der Waals surface area contributed by atoms with Crippen molar-refractivity contribution in [2.75, 3.05) is 0 Å². The fourth-order valence-electron chi connectivity index (χ4n) is 2.73. The fourth-order valence-corrected chi connectivity index (χ4v) is 4.31. The van der Waals surface area contributed by atoms with Gasteiger partial charge in [-0.15, -0.1) is 0 Å². The summed E-state index contributed by atoms with van der Waals surface area (Å²) in [6.07, 6.45) is 1.70. The second kappa shape index (κ2) is 5.50. The highest BCUT2D eigenvalue weighted by Gasteiger charge is 2.15. The lowest BCUT2D eigenvalue weighted by Gasteiger charge is -2.03. The highest BCUT2D eigenvalue weighted by atomic mass is 79.9. The van der Waals surface area contributed by atoms with Crippen LogP contribution >= 0.6 is 27.3 Å². The first-order valence-electron chi connectivity index (χ1n) is 7.33. The van der Waals surface area contributed by atoms with E-state index in [0.717, 1.165) is 26.6 Å². The molecule has 0 fully saturated rings. The van der Waals surface area contributed by atoms with Crippen LogP contribution in [0.2, 0.25) is 0 Å².